The Labute approximate surface area is 71.2 Å². The molecule has 1 aliphatic heterocycles. The maximum atomic E-state index is 4.19. The predicted molar refractivity (Wildman–Crippen MR) is 50.7 cm³/mol. The molecule has 1 nitrogen and oxygen atoms in total. The fourth-order valence-corrected chi connectivity index (χ4v) is 1.28. The molecule has 0 fully saturated rings. The van der Waals surface area contributed by atoms with Crippen LogP contribution in [-0.2, 0) is 0 Å². The smallest absolute Gasteiger partial charge is 0.0387 e. The molecule has 1 aliphatic rings. The second-order valence-corrected chi connectivity index (χ2v) is 3.46. The third-order valence-corrected chi connectivity index (χ3v) is 2.11. The summed E-state index contributed by atoms with van der Waals surface area (Å²) < 4.78 is 1.86. The number of allylic oxidation sites excluding steroid dienone is 4. The summed E-state index contributed by atoms with van der Waals surface area (Å²) in [6, 6.07) is 0. The van der Waals surface area contributed by atoms with Crippen LogP contribution in [0.3, 0.4) is 0 Å². The minimum Gasteiger partial charge on any atom is -0.190 e. The van der Waals surface area contributed by atoms with E-state index in [1.54, 1.807) is 11.9 Å². The van der Waals surface area contributed by atoms with Gasteiger partial charge in [0.1, 0.15) is 0 Å². The maximum Gasteiger partial charge on any atom is 0.0387 e. The van der Waals surface area contributed by atoms with Gasteiger partial charge in [0.2, 0.25) is 0 Å². The van der Waals surface area contributed by atoms with Crippen molar-refractivity contribution in [2.45, 2.75) is 0 Å². The summed E-state index contributed by atoms with van der Waals surface area (Å²) in [5.41, 5.74) is 0. The zero-order valence-electron chi connectivity index (χ0n) is 5.47. The third-order valence-electron chi connectivity index (χ3n) is 0.992. The van der Waals surface area contributed by atoms with Gasteiger partial charge in [-0.3, -0.25) is 0 Å². The molecule has 1 rings (SSSR count). The van der Waals surface area contributed by atoms with Crippen LogP contribution in [0.15, 0.2) is 35.8 Å². The Morgan fingerprint density at radius 2 is 2.00 bits per heavy atom. The average molecular weight is 171 g/mol. The van der Waals surface area contributed by atoms with Gasteiger partial charge in [0, 0.05) is 6.54 Å². The molecule has 0 radical (unpaired) electrons. The largest absolute Gasteiger partial charge is 0.190 e. The topological polar surface area (TPSA) is 3.24 Å². The highest BCUT2D eigenvalue weighted by molar-refractivity contribution is 8.07. The lowest BCUT2D eigenvalue weighted by Crippen LogP contribution is -1.98. The third kappa shape index (κ3) is 3.15. The lowest BCUT2D eigenvalue weighted by molar-refractivity contribution is 0.859. The molecule has 3 heteroatoms. The summed E-state index contributed by atoms with van der Waals surface area (Å²) in [5.74, 6) is 0. The Morgan fingerprint density at radius 3 is 2.90 bits per heavy atom. The normalized spacial score (nSPS) is 20.1. The lowest BCUT2D eigenvalue weighted by Gasteiger charge is -2.06. The first-order chi connectivity index (χ1) is 4.89. The van der Waals surface area contributed by atoms with Gasteiger partial charge >= 0.3 is 0 Å². The van der Waals surface area contributed by atoms with E-state index in [4.69, 9.17) is 0 Å². The van der Waals surface area contributed by atoms with Crippen molar-refractivity contribution in [3.8, 4) is 0 Å². The van der Waals surface area contributed by atoms with E-state index in [1.165, 1.54) is 0 Å². The zero-order valence-corrected chi connectivity index (χ0v) is 7.18. The predicted octanol–water partition coefficient (Wildman–Crippen LogP) is 2.42. The quantitative estimate of drug-likeness (QED) is 0.440. The molecule has 0 aromatic carbocycles. The first-order valence-electron chi connectivity index (χ1n) is 3.01. The number of nitrogens with zero attached hydrogens (tertiary/aromatic N) is 1. The van der Waals surface area contributed by atoms with Gasteiger partial charge in [0.25, 0.3) is 0 Å². The van der Waals surface area contributed by atoms with Gasteiger partial charge in [0.05, 0.1) is 0 Å². The number of hydrogen-bond acceptors (Lipinski definition) is 3. The molecule has 10 heavy (non-hydrogen) atoms. The van der Waals surface area contributed by atoms with Gasteiger partial charge in [-0.25, -0.2) is 0 Å². The molecule has 0 aliphatic carbocycles. The van der Waals surface area contributed by atoms with Crippen molar-refractivity contribution in [1.82, 2.24) is 3.71 Å². The second-order valence-electron chi connectivity index (χ2n) is 1.78. The molecule has 0 unspecified atom stereocenters. The van der Waals surface area contributed by atoms with Crippen LogP contribution in [0.1, 0.15) is 0 Å². The van der Waals surface area contributed by atoms with Crippen molar-refractivity contribution in [3.05, 3.63) is 35.8 Å². The van der Waals surface area contributed by atoms with E-state index < -0.39 is 0 Å². The summed E-state index contributed by atoms with van der Waals surface area (Å²) in [6.07, 6.45) is 10.1. The average Bonchev–Trinajstić information content (AvgIpc) is 2.02. The van der Waals surface area contributed by atoms with Crippen LogP contribution < -0.4 is 0 Å². The van der Waals surface area contributed by atoms with Crippen molar-refractivity contribution in [2.24, 2.45) is 0 Å². The summed E-state index contributed by atoms with van der Waals surface area (Å²) in [5, 5.41) is 2.00. The van der Waals surface area contributed by atoms with Crippen LogP contribution in [0.2, 0.25) is 0 Å². The number of hydrogen-bond donors (Lipinski definition) is 1. The Bertz CT molecular complexity index is 154. The van der Waals surface area contributed by atoms with Crippen LogP contribution >= 0.6 is 24.8 Å². The second kappa shape index (κ2) is 4.66. The molecular formula is C7H9NS2. The lowest BCUT2D eigenvalue weighted by atomic mass is 10.4. The summed E-state index contributed by atoms with van der Waals surface area (Å²) in [7, 11) is 0. The van der Waals surface area contributed by atoms with Gasteiger partial charge in [0.15, 0.2) is 0 Å². The highest BCUT2D eigenvalue weighted by atomic mass is 32.2. The number of rotatable bonds is 0. The van der Waals surface area contributed by atoms with E-state index in [2.05, 4.69) is 18.9 Å². The van der Waals surface area contributed by atoms with Crippen molar-refractivity contribution in [3.63, 3.8) is 0 Å². The SMILES string of the molecule is SN1CC=CC=CC=CS1. The highest BCUT2D eigenvalue weighted by Crippen LogP contribution is 2.14. The van der Waals surface area contributed by atoms with E-state index in [-0.39, 0.29) is 0 Å². The summed E-state index contributed by atoms with van der Waals surface area (Å²) >= 11 is 5.77. The van der Waals surface area contributed by atoms with Gasteiger partial charge in [-0.2, -0.15) is 3.71 Å². The molecule has 0 N–H and O–H groups in total. The fourth-order valence-electron chi connectivity index (χ4n) is 0.552. The summed E-state index contributed by atoms with van der Waals surface area (Å²) in [6.45, 7) is 0.864. The van der Waals surface area contributed by atoms with E-state index in [1.807, 2.05) is 33.4 Å². The Balaban J connectivity index is 2.52. The van der Waals surface area contributed by atoms with E-state index in [0.29, 0.717) is 0 Å². The molecule has 0 saturated heterocycles. The van der Waals surface area contributed by atoms with Crippen LogP contribution in [-0.4, -0.2) is 10.3 Å². The Hall–Kier alpha value is -0.120. The minimum absolute atomic E-state index is 0.864. The molecule has 0 aromatic heterocycles. The van der Waals surface area contributed by atoms with Gasteiger partial charge in [-0.1, -0.05) is 43.2 Å². The van der Waals surface area contributed by atoms with Crippen molar-refractivity contribution in [2.75, 3.05) is 6.54 Å². The first-order valence-corrected chi connectivity index (χ1v) is 4.25. The minimum atomic E-state index is 0.864. The maximum absolute atomic E-state index is 4.19. The Morgan fingerprint density at radius 1 is 1.20 bits per heavy atom. The van der Waals surface area contributed by atoms with E-state index in [0.717, 1.165) is 6.54 Å². The molecule has 0 atom stereocenters. The molecule has 1 heterocycles. The van der Waals surface area contributed by atoms with Crippen molar-refractivity contribution < 1.29 is 0 Å². The summed E-state index contributed by atoms with van der Waals surface area (Å²) in [4.78, 5) is 0. The molecule has 54 valence electrons. The molecule has 0 saturated carbocycles. The molecule has 0 bridgehead atoms. The fraction of sp³-hybridized carbons (Fsp3) is 0.143. The van der Waals surface area contributed by atoms with Crippen LogP contribution in [0.5, 0.6) is 0 Å². The van der Waals surface area contributed by atoms with Crippen molar-refractivity contribution in [1.29, 1.82) is 0 Å². The highest BCUT2D eigenvalue weighted by Gasteiger charge is 1.91. The van der Waals surface area contributed by atoms with Crippen molar-refractivity contribution >= 4 is 24.8 Å². The monoisotopic (exact) mass is 171 g/mol. The number of thiol groups is 1. The van der Waals surface area contributed by atoms with Gasteiger partial charge < -0.3 is 0 Å². The van der Waals surface area contributed by atoms with E-state index >= 15 is 0 Å². The van der Waals surface area contributed by atoms with Crippen LogP contribution in [0.25, 0.3) is 0 Å². The van der Waals surface area contributed by atoms with Crippen LogP contribution in [0, 0.1) is 0 Å². The standard InChI is InChI=1S/C7H9NS2/c9-8-6-4-2-1-3-5-7-10-8/h1-5,7,9H,6H2. The molecule has 0 aromatic rings. The van der Waals surface area contributed by atoms with Gasteiger partial charge in [-0.15, -0.1) is 0 Å². The molecular weight excluding hydrogens is 162 g/mol. The first kappa shape index (κ1) is 7.98. The van der Waals surface area contributed by atoms with Gasteiger partial charge in [-0.05, 0) is 17.4 Å². The zero-order chi connectivity index (χ0) is 7.23. The molecule has 0 spiro atoms. The van der Waals surface area contributed by atoms with Crippen LogP contribution in [0.4, 0.5) is 0 Å². The molecule has 0 amide bonds. The Kier molecular flexibility index (Phi) is 3.72. The van der Waals surface area contributed by atoms with E-state index in [9.17, 15) is 0 Å².